The fourth-order valence-corrected chi connectivity index (χ4v) is 0.982. The van der Waals surface area contributed by atoms with Crippen molar-refractivity contribution in [1.29, 1.82) is 0 Å². The summed E-state index contributed by atoms with van der Waals surface area (Å²) in [5, 5.41) is 35.6. The van der Waals surface area contributed by atoms with Crippen molar-refractivity contribution in [3.8, 4) is 0 Å². The Morgan fingerprint density at radius 2 is 1.93 bits per heavy atom. The van der Waals surface area contributed by atoms with Gasteiger partial charge in [-0.25, -0.2) is 10.4 Å². The Hall–Kier alpha value is -1.29. The van der Waals surface area contributed by atoms with E-state index in [1.165, 1.54) is 7.05 Å². The number of hydrogen-bond donors (Lipinski definition) is 4. The summed E-state index contributed by atoms with van der Waals surface area (Å²) in [7, 11) is 1.29. The molecule has 0 amide bonds. The van der Waals surface area contributed by atoms with Crippen molar-refractivity contribution in [3.63, 3.8) is 0 Å². The monoisotopic (exact) mass is 203 g/mol. The van der Waals surface area contributed by atoms with E-state index >= 15 is 0 Å². The third-order valence-corrected chi connectivity index (χ3v) is 1.66. The molecular formula is C6H9N3O5. The van der Waals surface area contributed by atoms with Crippen molar-refractivity contribution < 1.29 is 20.9 Å². The SMILES string of the molecule is Cn1cc([NH+]([O-])O)cc([NH+]([O-])O)c1=O. The van der Waals surface area contributed by atoms with E-state index in [9.17, 15) is 15.2 Å². The van der Waals surface area contributed by atoms with Gasteiger partial charge in [0.05, 0.1) is 12.3 Å². The number of rotatable bonds is 2. The first kappa shape index (κ1) is 10.8. The highest BCUT2D eigenvalue weighted by Crippen LogP contribution is 2.00. The molecule has 0 spiro atoms. The molecule has 4 N–H and O–H groups in total. The zero-order valence-corrected chi connectivity index (χ0v) is 7.22. The molecule has 14 heavy (non-hydrogen) atoms. The van der Waals surface area contributed by atoms with Gasteiger partial charge in [0.2, 0.25) is 5.69 Å². The second-order valence-electron chi connectivity index (χ2n) is 2.67. The van der Waals surface area contributed by atoms with Crippen LogP contribution < -0.4 is 16.0 Å². The maximum atomic E-state index is 11.2. The van der Waals surface area contributed by atoms with Gasteiger partial charge in [0.15, 0.2) is 5.69 Å². The molecule has 8 nitrogen and oxygen atoms in total. The average Bonchev–Trinajstić information content (AvgIpc) is 2.08. The van der Waals surface area contributed by atoms with Gasteiger partial charge in [-0.15, -0.1) is 0 Å². The van der Waals surface area contributed by atoms with Crippen LogP contribution in [-0.4, -0.2) is 15.0 Å². The van der Waals surface area contributed by atoms with Crippen molar-refractivity contribution in [2.75, 3.05) is 0 Å². The van der Waals surface area contributed by atoms with Gasteiger partial charge >= 0.3 is 5.56 Å². The lowest BCUT2D eigenvalue weighted by Gasteiger charge is -2.15. The number of pyridine rings is 1. The molecule has 0 bridgehead atoms. The number of nitrogens with one attached hydrogen (secondary N) is 2. The minimum Gasteiger partial charge on any atom is -0.595 e. The fourth-order valence-electron chi connectivity index (χ4n) is 0.982. The second-order valence-corrected chi connectivity index (χ2v) is 2.67. The first-order valence-electron chi connectivity index (χ1n) is 3.60. The summed E-state index contributed by atoms with van der Waals surface area (Å²) in [6.07, 6.45) is 1.07. The first-order valence-corrected chi connectivity index (χ1v) is 3.60. The predicted molar refractivity (Wildman–Crippen MR) is 43.2 cm³/mol. The van der Waals surface area contributed by atoms with Crippen LogP contribution in [0.2, 0.25) is 0 Å². The minimum absolute atomic E-state index is 0.232. The zero-order valence-electron chi connectivity index (χ0n) is 7.22. The summed E-state index contributed by atoms with van der Waals surface area (Å²) in [6, 6.07) is 0.840. The van der Waals surface area contributed by atoms with Crippen molar-refractivity contribution in [1.82, 2.24) is 4.57 Å². The van der Waals surface area contributed by atoms with E-state index in [0.29, 0.717) is 0 Å². The van der Waals surface area contributed by atoms with Gasteiger partial charge in [-0.1, -0.05) is 0 Å². The molecule has 1 aromatic heterocycles. The number of nitrogens with zero attached hydrogens (tertiary/aromatic N) is 1. The van der Waals surface area contributed by atoms with Crippen LogP contribution in [0.3, 0.4) is 0 Å². The van der Waals surface area contributed by atoms with Gasteiger partial charge in [-0.05, 0) is 0 Å². The predicted octanol–water partition coefficient (Wildman–Crippen LogP) is -2.81. The molecule has 0 radical (unpaired) electrons. The second kappa shape index (κ2) is 3.84. The van der Waals surface area contributed by atoms with Crippen LogP contribution in [0.4, 0.5) is 11.4 Å². The Morgan fingerprint density at radius 1 is 1.36 bits per heavy atom. The highest BCUT2D eigenvalue weighted by molar-refractivity contribution is 5.38. The van der Waals surface area contributed by atoms with Crippen LogP contribution in [0.25, 0.3) is 0 Å². The van der Waals surface area contributed by atoms with Gasteiger partial charge < -0.3 is 15.0 Å². The number of quaternary nitrogens is 2. The molecule has 0 aliphatic heterocycles. The van der Waals surface area contributed by atoms with E-state index in [2.05, 4.69) is 0 Å². The molecule has 78 valence electrons. The van der Waals surface area contributed by atoms with Gasteiger partial charge in [0.1, 0.15) is 0 Å². The Balaban J connectivity index is 3.36. The van der Waals surface area contributed by atoms with Crippen LogP contribution in [0.5, 0.6) is 0 Å². The Bertz CT molecular complexity index is 386. The van der Waals surface area contributed by atoms with E-state index in [1.807, 2.05) is 0 Å². The molecule has 0 aromatic carbocycles. The maximum Gasteiger partial charge on any atom is 0.315 e. The van der Waals surface area contributed by atoms with Crippen molar-refractivity contribution >= 4 is 11.4 Å². The Morgan fingerprint density at radius 3 is 2.36 bits per heavy atom. The molecule has 2 atom stereocenters. The third kappa shape index (κ3) is 1.96. The van der Waals surface area contributed by atoms with E-state index in [-0.39, 0.29) is 5.69 Å². The van der Waals surface area contributed by atoms with Gasteiger partial charge in [-0.2, -0.15) is 10.5 Å². The van der Waals surface area contributed by atoms with Gasteiger partial charge in [-0.3, -0.25) is 4.79 Å². The van der Waals surface area contributed by atoms with Crippen LogP contribution in [0.1, 0.15) is 0 Å². The smallest absolute Gasteiger partial charge is 0.315 e. The highest BCUT2D eigenvalue weighted by atomic mass is 16.8. The van der Waals surface area contributed by atoms with E-state index in [0.717, 1.165) is 16.8 Å². The largest absolute Gasteiger partial charge is 0.595 e. The highest BCUT2D eigenvalue weighted by Gasteiger charge is 2.13. The maximum absolute atomic E-state index is 11.2. The van der Waals surface area contributed by atoms with E-state index in [1.54, 1.807) is 0 Å². The number of aromatic nitrogens is 1. The van der Waals surface area contributed by atoms with E-state index in [4.69, 9.17) is 10.4 Å². The lowest BCUT2D eigenvalue weighted by atomic mass is 10.3. The molecule has 0 saturated heterocycles. The van der Waals surface area contributed by atoms with Crippen LogP contribution in [0, 0.1) is 10.4 Å². The molecule has 0 saturated carbocycles. The quantitative estimate of drug-likeness (QED) is 0.387. The van der Waals surface area contributed by atoms with Crippen LogP contribution in [-0.2, 0) is 7.05 Å². The summed E-state index contributed by atoms with van der Waals surface area (Å²) in [5.74, 6) is 0. The molecule has 1 heterocycles. The van der Waals surface area contributed by atoms with Crippen LogP contribution in [0.15, 0.2) is 17.1 Å². The van der Waals surface area contributed by atoms with E-state index < -0.39 is 21.7 Å². The summed E-state index contributed by atoms with van der Waals surface area (Å²) in [5.41, 5.74) is -1.51. The number of hydrogen-bond acceptors (Lipinski definition) is 5. The molecule has 0 aliphatic carbocycles. The standard InChI is InChI=1S/C6H9N3O5/c1-7-3-4(8(11)12)2-5(6(7)10)9(13)14/h2-3,8-9,11,13H,1H3. The molecule has 1 aromatic rings. The zero-order chi connectivity index (χ0) is 10.9. The summed E-state index contributed by atoms with van der Waals surface area (Å²) >= 11 is 0. The molecule has 8 heteroatoms. The third-order valence-electron chi connectivity index (χ3n) is 1.66. The molecule has 0 fully saturated rings. The average molecular weight is 203 g/mol. The summed E-state index contributed by atoms with van der Waals surface area (Å²) in [4.78, 5) is 11.2. The van der Waals surface area contributed by atoms with Crippen molar-refractivity contribution in [3.05, 3.63) is 33.0 Å². The van der Waals surface area contributed by atoms with Crippen molar-refractivity contribution in [2.24, 2.45) is 7.05 Å². The normalized spacial score (nSPS) is 15.2. The Labute approximate surface area is 77.9 Å². The molecule has 0 aliphatic rings. The molecule has 2 unspecified atom stereocenters. The lowest BCUT2D eigenvalue weighted by molar-refractivity contribution is -0.996. The summed E-state index contributed by atoms with van der Waals surface area (Å²) in [6.45, 7) is 0. The summed E-state index contributed by atoms with van der Waals surface area (Å²) < 4.78 is 0.924. The van der Waals surface area contributed by atoms with Gasteiger partial charge in [0.25, 0.3) is 0 Å². The van der Waals surface area contributed by atoms with Crippen LogP contribution >= 0.6 is 0 Å². The molecular weight excluding hydrogens is 194 g/mol. The topological polar surface area (TPSA) is 117 Å². The minimum atomic E-state index is -1.44. The molecule has 1 rings (SSSR count). The Kier molecular flexibility index (Phi) is 2.96. The lowest BCUT2D eigenvalue weighted by Crippen LogP contribution is -3.01. The first-order chi connectivity index (χ1) is 6.43. The number of aryl methyl sites for hydroxylation is 1. The fraction of sp³-hybridized carbons (Fsp3) is 0.167. The van der Waals surface area contributed by atoms with Gasteiger partial charge in [0, 0.05) is 7.05 Å². The van der Waals surface area contributed by atoms with Crippen molar-refractivity contribution in [2.45, 2.75) is 0 Å².